The van der Waals surface area contributed by atoms with Crippen LogP contribution >= 0.6 is 0 Å². The number of rotatable bonds is 6. The van der Waals surface area contributed by atoms with E-state index in [0.29, 0.717) is 13.0 Å². The second-order valence-corrected chi connectivity index (χ2v) is 3.08. The van der Waals surface area contributed by atoms with Crippen molar-refractivity contribution in [1.82, 2.24) is 0 Å². The predicted molar refractivity (Wildman–Crippen MR) is 46.0 cm³/mol. The van der Waals surface area contributed by atoms with Crippen molar-refractivity contribution in [2.45, 2.75) is 26.7 Å². The van der Waals surface area contributed by atoms with Crippen molar-refractivity contribution in [2.24, 2.45) is 5.92 Å². The molecule has 3 nitrogen and oxygen atoms in total. The smallest absolute Gasteiger partial charge is 0.142 e. The average Bonchev–Trinajstić information content (AvgIpc) is 2.00. The summed E-state index contributed by atoms with van der Waals surface area (Å²) in [6.45, 7) is 4.00. The summed E-state index contributed by atoms with van der Waals surface area (Å²) in [7, 11) is 1.54. The van der Waals surface area contributed by atoms with Crippen LogP contribution < -0.4 is 0 Å². The minimum Gasteiger partial charge on any atom is -0.384 e. The van der Waals surface area contributed by atoms with Crippen molar-refractivity contribution in [1.29, 1.82) is 0 Å². The summed E-state index contributed by atoms with van der Waals surface area (Å²) in [4.78, 5) is 22.1. The molecule has 0 heterocycles. The Hall–Kier alpha value is -0.700. The molecule has 0 saturated heterocycles. The maximum atomic E-state index is 11.1. The maximum absolute atomic E-state index is 11.1. The van der Waals surface area contributed by atoms with Crippen molar-refractivity contribution >= 4 is 11.6 Å². The van der Waals surface area contributed by atoms with Crippen LogP contribution in [0.15, 0.2) is 0 Å². The highest BCUT2D eigenvalue weighted by molar-refractivity contribution is 5.99. The minimum absolute atomic E-state index is 0.0103. The van der Waals surface area contributed by atoms with E-state index in [1.165, 1.54) is 7.11 Å². The van der Waals surface area contributed by atoms with Gasteiger partial charge in [0, 0.05) is 19.4 Å². The molecule has 0 aliphatic heterocycles. The van der Waals surface area contributed by atoms with E-state index in [1.54, 1.807) is 13.8 Å². The molecule has 0 aliphatic carbocycles. The number of hydrogen-bond donors (Lipinski definition) is 0. The van der Waals surface area contributed by atoms with Crippen LogP contribution in [0.4, 0.5) is 0 Å². The maximum Gasteiger partial charge on any atom is 0.142 e. The fourth-order valence-corrected chi connectivity index (χ4v) is 0.703. The molecule has 3 heteroatoms. The molecule has 0 spiro atoms. The van der Waals surface area contributed by atoms with Crippen LogP contribution in [0, 0.1) is 5.92 Å². The second-order valence-electron chi connectivity index (χ2n) is 3.08. The lowest BCUT2D eigenvalue weighted by atomic mass is 10.0. The molecule has 0 N–H and O–H groups in total. The van der Waals surface area contributed by atoms with Gasteiger partial charge in [-0.3, -0.25) is 9.59 Å². The highest BCUT2D eigenvalue weighted by Crippen LogP contribution is 2.01. The summed E-state index contributed by atoms with van der Waals surface area (Å²) in [5.41, 5.74) is 0. The summed E-state index contributed by atoms with van der Waals surface area (Å²) < 4.78 is 4.72. The summed E-state index contributed by atoms with van der Waals surface area (Å²) >= 11 is 0. The van der Waals surface area contributed by atoms with Crippen molar-refractivity contribution < 1.29 is 14.3 Å². The first kappa shape index (κ1) is 11.3. The van der Waals surface area contributed by atoms with Gasteiger partial charge in [-0.2, -0.15) is 0 Å². The second kappa shape index (κ2) is 5.89. The lowest BCUT2D eigenvalue weighted by molar-refractivity contribution is -0.129. The first-order valence-electron chi connectivity index (χ1n) is 4.11. The van der Waals surface area contributed by atoms with Crippen LogP contribution in [0.3, 0.4) is 0 Å². The average molecular weight is 172 g/mol. The van der Waals surface area contributed by atoms with E-state index in [9.17, 15) is 9.59 Å². The van der Waals surface area contributed by atoms with E-state index >= 15 is 0 Å². The number of carbonyl (C=O) groups excluding carboxylic acids is 2. The Labute approximate surface area is 73.1 Å². The molecule has 12 heavy (non-hydrogen) atoms. The van der Waals surface area contributed by atoms with Gasteiger partial charge < -0.3 is 4.74 Å². The van der Waals surface area contributed by atoms with Crippen LogP contribution in [-0.2, 0) is 14.3 Å². The van der Waals surface area contributed by atoms with Gasteiger partial charge in [0.05, 0.1) is 13.0 Å². The van der Waals surface area contributed by atoms with Gasteiger partial charge in [-0.15, -0.1) is 0 Å². The molecule has 0 aliphatic rings. The monoisotopic (exact) mass is 172 g/mol. The Morgan fingerprint density at radius 3 is 2.33 bits per heavy atom. The van der Waals surface area contributed by atoms with Gasteiger partial charge in [-0.25, -0.2) is 0 Å². The van der Waals surface area contributed by atoms with Crippen molar-refractivity contribution in [3.63, 3.8) is 0 Å². The number of hydrogen-bond acceptors (Lipinski definition) is 3. The summed E-state index contributed by atoms with van der Waals surface area (Å²) in [5, 5.41) is 0. The molecule has 70 valence electrons. The minimum atomic E-state index is -0.0449. The van der Waals surface area contributed by atoms with Crippen molar-refractivity contribution in [3.05, 3.63) is 0 Å². The highest BCUT2D eigenvalue weighted by Gasteiger charge is 2.11. The first-order valence-corrected chi connectivity index (χ1v) is 4.11. The van der Waals surface area contributed by atoms with E-state index < -0.39 is 0 Å². The first-order chi connectivity index (χ1) is 5.57. The van der Waals surface area contributed by atoms with Crippen LogP contribution in [0.2, 0.25) is 0 Å². The van der Waals surface area contributed by atoms with Gasteiger partial charge in [-0.05, 0) is 0 Å². The quantitative estimate of drug-likeness (QED) is 0.565. The molecule has 0 radical (unpaired) electrons. The Morgan fingerprint density at radius 2 is 1.92 bits per heavy atom. The van der Waals surface area contributed by atoms with Gasteiger partial charge in [0.25, 0.3) is 0 Å². The molecular formula is C9H16O3. The van der Waals surface area contributed by atoms with E-state index in [4.69, 9.17) is 4.74 Å². The van der Waals surface area contributed by atoms with Gasteiger partial charge in [-0.1, -0.05) is 13.8 Å². The lowest BCUT2D eigenvalue weighted by Crippen LogP contribution is -2.14. The van der Waals surface area contributed by atoms with Crippen molar-refractivity contribution in [3.8, 4) is 0 Å². The third-order valence-corrected chi connectivity index (χ3v) is 1.60. The summed E-state index contributed by atoms with van der Waals surface area (Å²) in [6.07, 6.45) is 0.399. The fraction of sp³-hybridized carbons (Fsp3) is 0.778. The van der Waals surface area contributed by atoms with Crippen LogP contribution in [-0.4, -0.2) is 25.3 Å². The van der Waals surface area contributed by atoms with Gasteiger partial charge in [0.15, 0.2) is 0 Å². The zero-order valence-corrected chi connectivity index (χ0v) is 7.92. The third-order valence-electron chi connectivity index (χ3n) is 1.60. The largest absolute Gasteiger partial charge is 0.384 e. The Kier molecular flexibility index (Phi) is 5.54. The van der Waals surface area contributed by atoms with Gasteiger partial charge >= 0.3 is 0 Å². The summed E-state index contributed by atoms with van der Waals surface area (Å²) in [6, 6.07) is 0. The molecule has 0 aromatic carbocycles. The molecule has 0 bridgehead atoms. The Morgan fingerprint density at radius 1 is 1.33 bits per heavy atom. The van der Waals surface area contributed by atoms with Crippen LogP contribution in [0.25, 0.3) is 0 Å². The number of ether oxygens (including phenoxy) is 1. The molecule has 0 amide bonds. The van der Waals surface area contributed by atoms with Crippen LogP contribution in [0.5, 0.6) is 0 Å². The molecule has 0 unspecified atom stereocenters. The van der Waals surface area contributed by atoms with E-state index in [1.807, 2.05) is 0 Å². The summed E-state index contributed by atoms with van der Waals surface area (Å²) in [5.74, 6) is -0.0665. The molecular weight excluding hydrogens is 156 g/mol. The molecule has 0 atom stereocenters. The molecule has 0 saturated carbocycles. The zero-order chi connectivity index (χ0) is 9.56. The van der Waals surface area contributed by atoms with E-state index in [0.717, 1.165) is 0 Å². The molecule has 0 aromatic rings. The van der Waals surface area contributed by atoms with Gasteiger partial charge in [0.1, 0.15) is 11.6 Å². The molecule has 0 rings (SSSR count). The number of carbonyl (C=O) groups is 2. The Balaban J connectivity index is 3.62. The SMILES string of the molecule is COCCC(=O)CC(=O)C(C)C. The van der Waals surface area contributed by atoms with Crippen molar-refractivity contribution in [2.75, 3.05) is 13.7 Å². The fourth-order valence-electron chi connectivity index (χ4n) is 0.703. The topological polar surface area (TPSA) is 43.4 Å². The van der Waals surface area contributed by atoms with Crippen LogP contribution in [0.1, 0.15) is 26.7 Å². The number of Topliss-reactive ketones (excluding diaryl/α,β-unsaturated/α-hetero) is 2. The van der Waals surface area contributed by atoms with E-state index in [-0.39, 0.29) is 23.9 Å². The molecule has 0 fully saturated rings. The Bertz CT molecular complexity index is 161. The normalized spacial score (nSPS) is 10.3. The zero-order valence-electron chi connectivity index (χ0n) is 7.92. The van der Waals surface area contributed by atoms with Gasteiger partial charge in [0.2, 0.25) is 0 Å². The number of ketones is 2. The standard InChI is InChI=1S/C9H16O3/c1-7(2)9(11)6-8(10)4-5-12-3/h7H,4-6H2,1-3H3. The predicted octanol–water partition coefficient (Wildman–Crippen LogP) is 1.21. The lowest BCUT2D eigenvalue weighted by Gasteiger charge is -2.02. The third kappa shape index (κ3) is 5.02. The molecule has 0 aromatic heterocycles. The number of methoxy groups -OCH3 is 1. The van der Waals surface area contributed by atoms with E-state index in [2.05, 4.69) is 0 Å². The highest BCUT2D eigenvalue weighted by atomic mass is 16.5.